The smallest absolute Gasteiger partial charge is 0.256 e. The van der Waals surface area contributed by atoms with Crippen LogP contribution in [-0.2, 0) is 11.3 Å². The number of anilines is 1. The van der Waals surface area contributed by atoms with Gasteiger partial charge >= 0.3 is 0 Å². The zero-order chi connectivity index (χ0) is 22.0. The van der Waals surface area contributed by atoms with Gasteiger partial charge in [-0.3, -0.25) is 19.1 Å². The number of methoxy groups -OCH3 is 1. The van der Waals surface area contributed by atoms with E-state index in [9.17, 15) is 9.59 Å². The third-order valence-corrected chi connectivity index (χ3v) is 6.25. The van der Waals surface area contributed by atoms with Gasteiger partial charge in [0, 0.05) is 24.3 Å². The summed E-state index contributed by atoms with van der Waals surface area (Å²) in [6.07, 6.45) is 1.43. The fourth-order valence-corrected chi connectivity index (χ4v) is 4.12. The monoisotopic (exact) mass is 429 g/mol. The Bertz CT molecular complexity index is 1140. The highest BCUT2D eigenvalue weighted by Crippen LogP contribution is 2.36. The second-order valence-electron chi connectivity index (χ2n) is 7.50. The molecule has 0 aliphatic heterocycles. The molecule has 0 N–H and O–H groups in total. The number of aromatic nitrogens is 3. The number of hydrogen-bond donors (Lipinski definition) is 0. The quantitative estimate of drug-likeness (QED) is 0.574. The van der Waals surface area contributed by atoms with Crippen LogP contribution in [-0.4, -0.2) is 59.6 Å². The molecule has 0 fully saturated rings. The van der Waals surface area contributed by atoms with Crippen molar-refractivity contribution in [3.8, 4) is 5.75 Å². The summed E-state index contributed by atoms with van der Waals surface area (Å²) in [6.45, 7) is 6.54. The summed E-state index contributed by atoms with van der Waals surface area (Å²) in [6, 6.07) is 3.86. The van der Waals surface area contributed by atoms with Gasteiger partial charge in [0.05, 0.1) is 18.1 Å². The van der Waals surface area contributed by atoms with Crippen molar-refractivity contribution in [2.45, 2.75) is 27.3 Å². The molecule has 3 aromatic rings. The molecule has 3 rings (SSSR count). The van der Waals surface area contributed by atoms with Gasteiger partial charge in [-0.15, -0.1) is 0 Å². The fourth-order valence-electron chi connectivity index (χ4n) is 3.03. The van der Waals surface area contributed by atoms with E-state index in [1.165, 1.54) is 22.2 Å². The number of hydrogen-bond acceptors (Lipinski definition) is 7. The molecule has 0 aliphatic rings. The molecule has 160 valence electrons. The number of carbonyl (C=O) groups is 1. The normalized spacial score (nSPS) is 11.3. The highest BCUT2D eigenvalue weighted by atomic mass is 32.1. The van der Waals surface area contributed by atoms with Gasteiger partial charge in [-0.05, 0) is 46.5 Å². The number of nitrogens with zero attached hydrogens (tertiary/aromatic N) is 5. The molecule has 0 aliphatic carbocycles. The Balaban J connectivity index is 2.00. The second-order valence-corrected chi connectivity index (χ2v) is 8.47. The van der Waals surface area contributed by atoms with Crippen LogP contribution in [0, 0.1) is 20.8 Å². The largest absolute Gasteiger partial charge is 0.494 e. The maximum Gasteiger partial charge on any atom is 0.256 e. The second kappa shape index (κ2) is 8.93. The Hall–Kier alpha value is -2.78. The zero-order valence-corrected chi connectivity index (χ0v) is 19.0. The summed E-state index contributed by atoms with van der Waals surface area (Å²) in [7, 11) is 5.51. The van der Waals surface area contributed by atoms with E-state index in [0.717, 1.165) is 15.8 Å². The molecule has 0 atom stereocenters. The summed E-state index contributed by atoms with van der Waals surface area (Å²) in [5.41, 5.74) is 2.83. The van der Waals surface area contributed by atoms with Gasteiger partial charge in [0.2, 0.25) is 5.91 Å². The molecule has 8 nitrogen and oxygen atoms in total. The van der Waals surface area contributed by atoms with Gasteiger partial charge < -0.3 is 9.64 Å². The van der Waals surface area contributed by atoms with Crippen molar-refractivity contribution >= 4 is 32.6 Å². The van der Waals surface area contributed by atoms with Crippen LogP contribution in [0.15, 0.2) is 23.3 Å². The lowest BCUT2D eigenvalue weighted by Gasteiger charge is -2.22. The lowest BCUT2D eigenvalue weighted by molar-refractivity contribution is -0.119. The standard InChI is InChI=1S/C21H27N5O3S/c1-13-7-8-16(29-6)18-19(13)30-21(23-18)26(10-9-24(4)5)17(27)11-25-12-22-15(3)14(2)20(25)28/h7-8,12H,9-11H2,1-6H3. The van der Waals surface area contributed by atoms with E-state index in [-0.39, 0.29) is 18.0 Å². The van der Waals surface area contributed by atoms with Crippen LogP contribution in [0.5, 0.6) is 5.75 Å². The molecule has 2 heterocycles. The van der Waals surface area contributed by atoms with Crippen LogP contribution >= 0.6 is 11.3 Å². The summed E-state index contributed by atoms with van der Waals surface area (Å²) in [5, 5.41) is 0.592. The predicted molar refractivity (Wildman–Crippen MR) is 120 cm³/mol. The minimum atomic E-state index is -0.209. The highest BCUT2D eigenvalue weighted by molar-refractivity contribution is 7.22. The number of likely N-dealkylation sites (N-methyl/N-ethyl adjacent to an activating group) is 1. The van der Waals surface area contributed by atoms with Crippen molar-refractivity contribution in [1.29, 1.82) is 0 Å². The maximum atomic E-state index is 13.2. The first-order valence-corrected chi connectivity index (χ1v) is 10.5. The molecule has 9 heteroatoms. The van der Waals surface area contributed by atoms with E-state index in [1.54, 1.807) is 25.9 Å². The Morgan fingerprint density at radius 3 is 2.60 bits per heavy atom. The molecule has 0 radical (unpaired) electrons. The van der Waals surface area contributed by atoms with E-state index in [4.69, 9.17) is 9.72 Å². The number of aryl methyl sites for hydroxylation is 2. The Labute approximate surface area is 179 Å². The van der Waals surface area contributed by atoms with Crippen molar-refractivity contribution < 1.29 is 9.53 Å². The van der Waals surface area contributed by atoms with Crippen LogP contribution in [0.4, 0.5) is 5.13 Å². The van der Waals surface area contributed by atoms with Crippen LogP contribution in [0.1, 0.15) is 16.8 Å². The minimum Gasteiger partial charge on any atom is -0.494 e. The third kappa shape index (κ3) is 4.36. The first kappa shape index (κ1) is 21.9. The molecule has 0 spiro atoms. The Morgan fingerprint density at radius 1 is 1.20 bits per heavy atom. The van der Waals surface area contributed by atoms with Crippen LogP contribution in [0.25, 0.3) is 10.2 Å². The Kier molecular flexibility index (Phi) is 6.52. The maximum absolute atomic E-state index is 13.2. The van der Waals surface area contributed by atoms with Crippen LogP contribution in [0.2, 0.25) is 0 Å². The van der Waals surface area contributed by atoms with Crippen LogP contribution < -0.4 is 15.2 Å². The van der Waals surface area contributed by atoms with E-state index >= 15 is 0 Å². The molecular formula is C21H27N5O3S. The summed E-state index contributed by atoms with van der Waals surface area (Å²) in [5.74, 6) is 0.465. The number of fused-ring (bicyclic) bond motifs is 1. The molecule has 1 amide bonds. The molecule has 0 saturated heterocycles. The van der Waals surface area contributed by atoms with Gasteiger partial charge in [-0.1, -0.05) is 17.4 Å². The van der Waals surface area contributed by atoms with E-state index in [2.05, 4.69) is 4.98 Å². The third-order valence-electron chi connectivity index (χ3n) is 5.04. The predicted octanol–water partition coefficient (Wildman–Crippen LogP) is 2.38. The van der Waals surface area contributed by atoms with Crippen molar-refractivity contribution in [2.75, 3.05) is 39.2 Å². The lowest BCUT2D eigenvalue weighted by atomic mass is 10.2. The van der Waals surface area contributed by atoms with Crippen molar-refractivity contribution in [2.24, 2.45) is 0 Å². The number of benzene rings is 1. The van der Waals surface area contributed by atoms with E-state index < -0.39 is 0 Å². The molecule has 0 unspecified atom stereocenters. The average Bonchev–Trinajstić information content (AvgIpc) is 3.14. The first-order chi connectivity index (χ1) is 14.2. The number of carbonyl (C=O) groups excluding carboxylic acids is 1. The summed E-state index contributed by atoms with van der Waals surface area (Å²) >= 11 is 1.45. The van der Waals surface area contributed by atoms with Crippen molar-refractivity contribution in [3.05, 3.63) is 45.6 Å². The number of rotatable bonds is 7. The lowest BCUT2D eigenvalue weighted by Crippen LogP contribution is -2.40. The molecule has 2 aromatic heterocycles. The Morgan fingerprint density at radius 2 is 1.93 bits per heavy atom. The SMILES string of the molecule is COc1ccc(C)c2sc(N(CCN(C)C)C(=O)Cn3cnc(C)c(C)c3=O)nc12. The molecular weight excluding hydrogens is 402 g/mol. The van der Waals surface area contributed by atoms with Crippen molar-refractivity contribution in [3.63, 3.8) is 0 Å². The van der Waals surface area contributed by atoms with Gasteiger partial charge in [0.1, 0.15) is 17.8 Å². The van der Waals surface area contributed by atoms with Gasteiger partial charge in [-0.25, -0.2) is 9.97 Å². The topological polar surface area (TPSA) is 80.6 Å². The number of thiazole rings is 1. The zero-order valence-electron chi connectivity index (χ0n) is 18.2. The van der Waals surface area contributed by atoms with E-state index in [1.807, 2.05) is 38.1 Å². The number of ether oxygens (including phenoxy) is 1. The molecule has 1 aromatic carbocycles. The van der Waals surface area contributed by atoms with E-state index in [0.29, 0.717) is 35.2 Å². The number of amides is 1. The average molecular weight is 430 g/mol. The minimum absolute atomic E-state index is 0.0908. The van der Waals surface area contributed by atoms with Gasteiger partial charge in [0.25, 0.3) is 5.56 Å². The van der Waals surface area contributed by atoms with Crippen molar-refractivity contribution in [1.82, 2.24) is 19.4 Å². The molecule has 30 heavy (non-hydrogen) atoms. The van der Waals surface area contributed by atoms with Crippen LogP contribution in [0.3, 0.4) is 0 Å². The molecule has 0 saturated carbocycles. The summed E-state index contributed by atoms with van der Waals surface area (Å²) < 4.78 is 7.79. The summed E-state index contributed by atoms with van der Waals surface area (Å²) in [4.78, 5) is 38.4. The molecule has 0 bridgehead atoms. The highest BCUT2D eigenvalue weighted by Gasteiger charge is 2.22. The van der Waals surface area contributed by atoms with Gasteiger partial charge in [0.15, 0.2) is 5.13 Å². The first-order valence-electron chi connectivity index (χ1n) is 9.64. The van der Waals surface area contributed by atoms with Gasteiger partial charge in [-0.2, -0.15) is 0 Å². The fraction of sp³-hybridized carbons (Fsp3) is 0.429.